The van der Waals surface area contributed by atoms with Crippen molar-refractivity contribution in [3.05, 3.63) is 23.8 Å². The third-order valence-electron chi connectivity index (χ3n) is 3.55. The molecule has 1 aromatic rings. The fraction of sp³-hybridized carbons (Fsp3) is 0.533. The van der Waals surface area contributed by atoms with Crippen LogP contribution in [-0.2, 0) is 4.74 Å². The summed E-state index contributed by atoms with van der Waals surface area (Å²) >= 11 is 6.85. The highest BCUT2D eigenvalue weighted by molar-refractivity contribution is 7.98. The summed E-state index contributed by atoms with van der Waals surface area (Å²) < 4.78 is 5.74. The van der Waals surface area contributed by atoms with Crippen molar-refractivity contribution in [1.82, 2.24) is 0 Å². The van der Waals surface area contributed by atoms with Gasteiger partial charge in [-0.05, 0) is 44.1 Å². The summed E-state index contributed by atoms with van der Waals surface area (Å²) in [7, 11) is 0. The van der Waals surface area contributed by atoms with E-state index in [9.17, 15) is 0 Å². The van der Waals surface area contributed by atoms with E-state index in [2.05, 4.69) is 11.4 Å². The monoisotopic (exact) mass is 310 g/mol. The average Bonchev–Trinajstić information content (AvgIpc) is 2.47. The van der Waals surface area contributed by atoms with E-state index < -0.39 is 0 Å². The second kappa shape index (κ2) is 7.86. The molecule has 20 heavy (non-hydrogen) atoms. The zero-order valence-corrected chi connectivity index (χ0v) is 13.5. The second-order valence-corrected chi connectivity index (χ2v) is 6.24. The molecule has 0 aromatic heterocycles. The van der Waals surface area contributed by atoms with Crippen molar-refractivity contribution < 1.29 is 4.74 Å². The first-order valence-corrected chi connectivity index (χ1v) is 8.68. The van der Waals surface area contributed by atoms with Crippen molar-refractivity contribution >= 4 is 34.7 Å². The summed E-state index contributed by atoms with van der Waals surface area (Å²) in [6.07, 6.45) is 7.12. The molecule has 0 saturated carbocycles. The van der Waals surface area contributed by atoms with Crippen LogP contribution in [0.15, 0.2) is 23.1 Å². The Kier molecular flexibility index (Phi) is 6.13. The Hall–Kier alpha value is -0.780. The van der Waals surface area contributed by atoms with Gasteiger partial charge in [-0.15, -0.1) is 11.8 Å². The zero-order valence-electron chi connectivity index (χ0n) is 11.9. The van der Waals surface area contributed by atoms with Crippen LogP contribution in [0.5, 0.6) is 0 Å². The smallest absolute Gasteiger partial charge is 0.107 e. The summed E-state index contributed by atoms with van der Waals surface area (Å²) in [5.74, 6) is 0. The van der Waals surface area contributed by atoms with Crippen molar-refractivity contribution in [3.63, 3.8) is 0 Å². The first kappa shape index (κ1) is 15.6. The Morgan fingerprint density at radius 3 is 3.00 bits per heavy atom. The number of hydrogen-bond donors (Lipinski definition) is 2. The van der Waals surface area contributed by atoms with Crippen LogP contribution in [0.4, 0.5) is 5.69 Å². The molecule has 110 valence electrons. The van der Waals surface area contributed by atoms with E-state index in [0.717, 1.165) is 35.7 Å². The molecule has 0 spiro atoms. The fourth-order valence-corrected chi connectivity index (χ4v) is 3.43. The van der Waals surface area contributed by atoms with Crippen LogP contribution in [0.1, 0.15) is 31.2 Å². The van der Waals surface area contributed by atoms with Gasteiger partial charge in [0.2, 0.25) is 0 Å². The summed E-state index contributed by atoms with van der Waals surface area (Å²) in [5, 5.41) is 3.46. The lowest BCUT2D eigenvalue weighted by molar-refractivity contribution is 0.0134. The molecule has 0 amide bonds. The zero-order chi connectivity index (χ0) is 14.4. The minimum atomic E-state index is 0.397. The van der Waals surface area contributed by atoms with Crippen molar-refractivity contribution in [2.24, 2.45) is 5.73 Å². The number of thiocarbonyl (C=S) groups is 1. The third kappa shape index (κ3) is 4.11. The number of anilines is 1. The molecule has 0 radical (unpaired) electrons. The third-order valence-corrected chi connectivity index (χ3v) is 4.53. The topological polar surface area (TPSA) is 47.3 Å². The number of nitrogens with two attached hydrogens (primary N) is 1. The van der Waals surface area contributed by atoms with Crippen LogP contribution in [-0.4, -0.2) is 30.5 Å². The normalized spacial score (nSPS) is 18.8. The molecule has 1 aliphatic heterocycles. The maximum absolute atomic E-state index is 5.86. The Labute approximate surface area is 130 Å². The summed E-state index contributed by atoms with van der Waals surface area (Å²) in [5.41, 5.74) is 7.84. The van der Waals surface area contributed by atoms with Gasteiger partial charge in [0.1, 0.15) is 4.99 Å². The van der Waals surface area contributed by atoms with E-state index in [4.69, 9.17) is 22.7 Å². The lowest BCUT2D eigenvalue weighted by Crippen LogP contribution is -2.22. The lowest BCUT2D eigenvalue weighted by atomic mass is 10.1. The minimum Gasteiger partial charge on any atom is -0.389 e. The maximum Gasteiger partial charge on any atom is 0.107 e. The molecule has 1 unspecified atom stereocenters. The van der Waals surface area contributed by atoms with E-state index in [1.807, 2.05) is 18.4 Å². The Balaban J connectivity index is 1.96. The first-order chi connectivity index (χ1) is 9.72. The fourth-order valence-electron chi connectivity index (χ4n) is 2.51. The number of nitrogens with one attached hydrogen (secondary N) is 1. The highest BCUT2D eigenvalue weighted by atomic mass is 32.2. The van der Waals surface area contributed by atoms with Crippen LogP contribution < -0.4 is 11.1 Å². The van der Waals surface area contributed by atoms with Crippen molar-refractivity contribution in [1.29, 1.82) is 0 Å². The van der Waals surface area contributed by atoms with Gasteiger partial charge >= 0.3 is 0 Å². The number of hydrogen-bond acceptors (Lipinski definition) is 4. The average molecular weight is 310 g/mol. The van der Waals surface area contributed by atoms with E-state index in [1.54, 1.807) is 11.8 Å². The van der Waals surface area contributed by atoms with Gasteiger partial charge in [0.15, 0.2) is 0 Å². The van der Waals surface area contributed by atoms with Crippen LogP contribution in [0, 0.1) is 0 Å². The molecule has 0 bridgehead atoms. The Morgan fingerprint density at radius 1 is 1.50 bits per heavy atom. The summed E-state index contributed by atoms with van der Waals surface area (Å²) in [6.45, 7) is 1.79. The summed E-state index contributed by atoms with van der Waals surface area (Å²) in [6, 6.07) is 6.12. The van der Waals surface area contributed by atoms with E-state index in [0.29, 0.717) is 11.1 Å². The molecule has 1 atom stereocenters. The molecule has 1 aromatic carbocycles. The molecule has 2 rings (SSSR count). The maximum atomic E-state index is 5.86. The highest BCUT2D eigenvalue weighted by Crippen LogP contribution is 2.27. The van der Waals surface area contributed by atoms with Gasteiger partial charge < -0.3 is 15.8 Å². The van der Waals surface area contributed by atoms with Crippen LogP contribution >= 0.6 is 24.0 Å². The molecule has 1 fully saturated rings. The highest BCUT2D eigenvalue weighted by Gasteiger charge is 2.14. The molecule has 5 heteroatoms. The predicted octanol–water partition coefficient (Wildman–Crippen LogP) is 3.41. The molecular formula is C15H22N2OS2. The number of benzene rings is 1. The minimum absolute atomic E-state index is 0.397. The Morgan fingerprint density at radius 2 is 2.35 bits per heavy atom. The van der Waals surface area contributed by atoms with Crippen LogP contribution in [0.3, 0.4) is 0 Å². The van der Waals surface area contributed by atoms with Crippen molar-refractivity contribution in [2.75, 3.05) is 24.7 Å². The molecule has 1 saturated heterocycles. The van der Waals surface area contributed by atoms with Crippen molar-refractivity contribution in [3.8, 4) is 0 Å². The van der Waals surface area contributed by atoms with E-state index in [-0.39, 0.29) is 0 Å². The Bertz CT molecular complexity index is 459. The largest absolute Gasteiger partial charge is 0.389 e. The predicted molar refractivity (Wildman–Crippen MR) is 90.8 cm³/mol. The van der Waals surface area contributed by atoms with Gasteiger partial charge in [-0.25, -0.2) is 0 Å². The molecule has 3 N–H and O–H groups in total. The van der Waals surface area contributed by atoms with Gasteiger partial charge in [-0.2, -0.15) is 0 Å². The molecular weight excluding hydrogens is 288 g/mol. The van der Waals surface area contributed by atoms with Gasteiger partial charge in [-0.3, -0.25) is 0 Å². The van der Waals surface area contributed by atoms with E-state index >= 15 is 0 Å². The molecule has 1 aliphatic rings. The number of thioether (sulfide) groups is 1. The standard InChI is InChI=1S/C15H22N2OS2/c1-20-13-7-4-6-12(14(13)15(16)19)17-9-8-11-5-2-3-10-18-11/h4,6-7,11,17H,2-3,5,8-10H2,1H3,(H2,16,19). The first-order valence-electron chi connectivity index (χ1n) is 7.04. The van der Waals surface area contributed by atoms with Crippen LogP contribution in [0.2, 0.25) is 0 Å². The number of rotatable bonds is 6. The van der Waals surface area contributed by atoms with Crippen LogP contribution in [0.25, 0.3) is 0 Å². The van der Waals surface area contributed by atoms with Gasteiger partial charge in [0, 0.05) is 29.3 Å². The molecule has 3 nitrogen and oxygen atoms in total. The van der Waals surface area contributed by atoms with Crippen molar-refractivity contribution in [2.45, 2.75) is 36.7 Å². The molecule has 0 aliphatic carbocycles. The lowest BCUT2D eigenvalue weighted by Gasteiger charge is -2.23. The SMILES string of the molecule is CSc1cccc(NCCC2CCCCO2)c1C(N)=S. The van der Waals surface area contributed by atoms with Gasteiger partial charge in [0.25, 0.3) is 0 Å². The van der Waals surface area contributed by atoms with Gasteiger partial charge in [-0.1, -0.05) is 18.3 Å². The summed E-state index contributed by atoms with van der Waals surface area (Å²) in [4.78, 5) is 1.57. The van der Waals surface area contributed by atoms with Gasteiger partial charge in [0.05, 0.1) is 6.10 Å². The van der Waals surface area contributed by atoms with E-state index in [1.165, 1.54) is 19.3 Å². The number of ether oxygens (including phenoxy) is 1. The quantitative estimate of drug-likeness (QED) is 0.623. The second-order valence-electron chi connectivity index (χ2n) is 4.95. The molecule has 1 heterocycles.